The molecule has 3 rings (SSSR count). The van der Waals surface area contributed by atoms with E-state index in [1.54, 1.807) is 42.5 Å². The summed E-state index contributed by atoms with van der Waals surface area (Å²) in [5.41, 5.74) is 1.51. The molecule has 0 N–H and O–H groups in total. The van der Waals surface area contributed by atoms with Crippen molar-refractivity contribution >= 4 is 44.8 Å². The normalized spacial score (nSPS) is 15.3. The number of carbonyl (C=O) groups excluding carboxylic acids is 1. The highest BCUT2D eigenvalue weighted by atomic mass is 35.5. The fourth-order valence-electron chi connectivity index (χ4n) is 3.45. The molecule has 0 unspecified atom stereocenters. The van der Waals surface area contributed by atoms with Crippen molar-refractivity contribution in [3.8, 4) is 0 Å². The number of amides is 1. The van der Waals surface area contributed by atoms with Gasteiger partial charge >= 0.3 is 0 Å². The zero-order valence-corrected chi connectivity index (χ0v) is 19.3. The number of nitrogens with zero attached hydrogens (tertiary/aromatic N) is 3. The lowest BCUT2D eigenvalue weighted by atomic mass is 10.1. The minimum Gasteiger partial charge on any atom is -0.336 e. The fraction of sp³-hybridized carbons (Fsp3) is 0.381. The first-order valence-corrected chi connectivity index (χ1v) is 12.3. The summed E-state index contributed by atoms with van der Waals surface area (Å²) in [5.74, 6) is -0.0441. The molecule has 1 saturated heterocycles. The summed E-state index contributed by atoms with van der Waals surface area (Å²) in [6.45, 7) is 6.20. The zero-order valence-electron chi connectivity index (χ0n) is 17.0. The number of benzene rings is 2. The standard InChI is InChI=1S/C21H25Cl2N3O3S/c1-3-24-11-13-25(14-12-24)21(27)16-7-9-17(10-8-16)26(30(2,28)29)15-18-19(22)5-4-6-20(18)23/h4-10H,3,11-15H2,1-2H3. The maximum absolute atomic E-state index is 12.8. The van der Waals surface area contributed by atoms with Crippen LogP contribution in [0.4, 0.5) is 5.69 Å². The van der Waals surface area contributed by atoms with Crippen LogP contribution in [-0.4, -0.2) is 63.1 Å². The Morgan fingerprint density at radius 3 is 2.07 bits per heavy atom. The van der Waals surface area contributed by atoms with Gasteiger partial charge in [0, 0.05) is 47.4 Å². The summed E-state index contributed by atoms with van der Waals surface area (Å²) in [6, 6.07) is 11.7. The van der Waals surface area contributed by atoms with E-state index in [1.807, 2.05) is 4.90 Å². The van der Waals surface area contributed by atoms with Gasteiger partial charge in [0.25, 0.3) is 5.91 Å². The lowest BCUT2D eigenvalue weighted by Crippen LogP contribution is -2.48. The Labute approximate surface area is 188 Å². The highest BCUT2D eigenvalue weighted by Gasteiger charge is 2.23. The fourth-order valence-corrected chi connectivity index (χ4v) is 4.83. The van der Waals surface area contributed by atoms with Crippen LogP contribution in [-0.2, 0) is 16.6 Å². The van der Waals surface area contributed by atoms with E-state index in [-0.39, 0.29) is 12.5 Å². The van der Waals surface area contributed by atoms with Gasteiger partial charge in [-0.15, -0.1) is 0 Å². The number of piperazine rings is 1. The van der Waals surface area contributed by atoms with Gasteiger partial charge in [-0.25, -0.2) is 8.42 Å². The van der Waals surface area contributed by atoms with Crippen molar-refractivity contribution in [1.29, 1.82) is 0 Å². The molecule has 2 aromatic carbocycles. The first kappa shape index (κ1) is 22.9. The average Bonchev–Trinajstić information content (AvgIpc) is 2.72. The summed E-state index contributed by atoms with van der Waals surface area (Å²) < 4.78 is 26.1. The molecule has 0 bridgehead atoms. The van der Waals surface area contributed by atoms with Gasteiger partial charge < -0.3 is 9.80 Å². The van der Waals surface area contributed by atoms with Crippen molar-refractivity contribution in [2.75, 3.05) is 43.3 Å². The molecule has 0 aliphatic carbocycles. The van der Waals surface area contributed by atoms with Gasteiger partial charge in [0.05, 0.1) is 18.5 Å². The van der Waals surface area contributed by atoms with Crippen LogP contribution >= 0.6 is 23.2 Å². The van der Waals surface area contributed by atoms with Crippen LogP contribution in [0.15, 0.2) is 42.5 Å². The Balaban J connectivity index is 1.80. The highest BCUT2D eigenvalue weighted by Crippen LogP contribution is 2.29. The molecule has 0 aromatic heterocycles. The van der Waals surface area contributed by atoms with Crippen LogP contribution in [0.3, 0.4) is 0 Å². The van der Waals surface area contributed by atoms with Crippen molar-refractivity contribution < 1.29 is 13.2 Å². The molecule has 1 heterocycles. The molecular formula is C21H25Cl2N3O3S. The number of rotatable bonds is 6. The first-order valence-electron chi connectivity index (χ1n) is 9.73. The summed E-state index contributed by atoms with van der Waals surface area (Å²) in [4.78, 5) is 16.9. The highest BCUT2D eigenvalue weighted by molar-refractivity contribution is 7.92. The summed E-state index contributed by atoms with van der Waals surface area (Å²) in [6.07, 6.45) is 1.13. The number of halogens is 2. The Morgan fingerprint density at radius 1 is 1.00 bits per heavy atom. The van der Waals surface area contributed by atoms with E-state index in [9.17, 15) is 13.2 Å². The van der Waals surface area contributed by atoms with Crippen molar-refractivity contribution in [3.63, 3.8) is 0 Å². The molecule has 1 aliphatic rings. The smallest absolute Gasteiger partial charge is 0.253 e. The molecular weight excluding hydrogens is 445 g/mol. The molecule has 1 fully saturated rings. The number of carbonyl (C=O) groups is 1. The van der Waals surface area contributed by atoms with Gasteiger partial charge in [0.1, 0.15) is 0 Å². The van der Waals surface area contributed by atoms with E-state index in [0.29, 0.717) is 39.9 Å². The van der Waals surface area contributed by atoms with Gasteiger partial charge in [-0.2, -0.15) is 0 Å². The largest absolute Gasteiger partial charge is 0.336 e. The van der Waals surface area contributed by atoms with Crippen molar-refractivity contribution in [2.45, 2.75) is 13.5 Å². The Bertz CT molecular complexity index is 984. The minimum absolute atomic E-state index is 0.00358. The van der Waals surface area contributed by atoms with Crippen molar-refractivity contribution in [2.24, 2.45) is 0 Å². The molecule has 0 atom stereocenters. The van der Waals surface area contributed by atoms with Gasteiger partial charge in [-0.1, -0.05) is 36.2 Å². The quantitative estimate of drug-likeness (QED) is 0.646. The lowest BCUT2D eigenvalue weighted by Gasteiger charge is -2.34. The number of anilines is 1. The zero-order chi connectivity index (χ0) is 21.9. The third-order valence-corrected chi connectivity index (χ3v) is 7.12. The van der Waals surface area contributed by atoms with Gasteiger partial charge in [0.2, 0.25) is 10.0 Å². The summed E-state index contributed by atoms with van der Waals surface area (Å²) in [7, 11) is -3.60. The number of hydrogen-bond acceptors (Lipinski definition) is 4. The number of hydrogen-bond donors (Lipinski definition) is 0. The third kappa shape index (κ3) is 5.27. The molecule has 1 amide bonds. The van der Waals surface area contributed by atoms with E-state index in [0.717, 1.165) is 25.9 Å². The van der Waals surface area contributed by atoms with Crippen LogP contribution < -0.4 is 4.31 Å². The summed E-state index contributed by atoms with van der Waals surface area (Å²) in [5, 5.41) is 0.795. The van der Waals surface area contributed by atoms with Crippen LogP contribution in [0.25, 0.3) is 0 Å². The maximum Gasteiger partial charge on any atom is 0.253 e. The Hall–Kier alpha value is -1.80. The van der Waals surface area contributed by atoms with Crippen LogP contribution in [0.5, 0.6) is 0 Å². The van der Waals surface area contributed by atoms with E-state index in [2.05, 4.69) is 11.8 Å². The molecule has 9 heteroatoms. The van der Waals surface area contributed by atoms with Gasteiger partial charge in [-0.05, 0) is 42.9 Å². The topological polar surface area (TPSA) is 60.9 Å². The van der Waals surface area contributed by atoms with Crippen LogP contribution in [0, 0.1) is 0 Å². The second-order valence-electron chi connectivity index (χ2n) is 7.24. The Morgan fingerprint density at radius 2 is 1.57 bits per heavy atom. The minimum atomic E-state index is -3.60. The molecule has 1 aliphatic heterocycles. The predicted octanol–water partition coefficient (Wildman–Crippen LogP) is 3.74. The van der Waals surface area contributed by atoms with E-state index >= 15 is 0 Å². The SMILES string of the molecule is CCN1CCN(C(=O)c2ccc(N(Cc3c(Cl)cccc3Cl)S(C)(=O)=O)cc2)CC1. The molecule has 0 spiro atoms. The Kier molecular flexibility index (Phi) is 7.29. The molecule has 30 heavy (non-hydrogen) atoms. The average molecular weight is 470 g/mol. The van der Waals surface area contributed by atoms with Crippen LogP contribution in [0.2, 0.25) is 10.0 Å². The molecule has 6 nitrogen and oxygen atoms in total. The second-order valence-corrected chi connectivity index (χ2v) is 9.96. The molecule has 0 radical (unpaired) electrons. The maximum atomic E-state index is 12.8. The van der Waals surface area contributed by atoms with Crippen molar-refractivity contribution in [3.05, 3.63) is 63.6 Å². The molecule has 2 aromatic rings. The van der Waals surface area contributed by atoms with E-state index in [4.69, 9.17) is 23.2 Å². The lowest BCUT2D eigenvalue weighted by molar-refractivity contribution is 0.0643. The molecule has 0 saturated carbocycles. The third-order valence-electron chi connectivity index (χ3n) is 5.27. The monoisotopic (exact) mass is 469 g/mol. The van der Waals surface area contributed by atoms with E-state index < -0.39 is 10.0 Å². The summed E-state index contributed by atoms with van der Waals surface area (Å²) >= 11 is 12.5. The second kappa shape index (κ2) is 9.56. The first-order chi connectivity index (χ1) is 14.2. The van der Waals surface area contributed by atoms with Crippen LogP contribution in [0.1, 0.15) is 22.8 Å². The van der Waals surface area contributed by atoms with E-state index in [1.165, 1.54) is 4.31 Å². The number of sulfonamides is 1. The van der Waals surface area contributed by atoms with Gasteiger partial charge in [-0.3, -0.25) is 9.10 Å². The predicted molar refractivity (Wildman–Crippen MR) is 122 cm³/mol. The number of likely N-dealkylation sites (N-methyl/N-ethyl adjacent to an activating group) is 1. The molecule has 162 valence electrons. The van der Waals surface area contributed by atoms with Crippen molar-refractivity contribution in [1.82, 2.24) is 9.80 Å². The van der Waals surface area contributed by atoms with Gasteiger partial charge in [0.15, 0.2) is 0 Å².